The van der Waals surface area contributed by atoms with Gasteiger partial charge in [0.15, 0.2) is 17.5 Å². The molecule has 0 amide bonds. The summed E-state index contributed by atoms with van der Waals surface area (Å²) in [6, 6.07) is 8.76. The molecule has 9 N–H and O–H groups in total. The molecule has 0 radical (unpaired) electrons. The third-order valence-corrected chi connectivity index (χ3v) is 27.0. The van der Waals surface area contributed by atoms with E-state index in [4.69, 9.17) is 107 Å². The maximum atomic E-state index is 12.1. The summed E-state index contributed by atoms with van der Waals surface area (Å²) in [5.74, 6) is 10.0. The number of nitrogens with two attached hydrogens (primary N) is 3. The van der Waals surface area contributed by atoms with E-state index in [0.29, 0.717) is 68.2 Å². The van der Waals surface area contributed by atoms with Gasteiger partial charge < -0.3 is 80.0 Å². The van der Waals surface area contributed by atoms with Crippen LogP contribution in [0.2, 0.25) is 5.15 Å². The number of amidine groups is 1. The van der Waals surface area contributed by atoms with E-state index in [1.165, 1.54) is 75.8 Å². The summed E-state index contributed by atoms with van der Waals surface area (Å²) in [4.78, 5) is 111. The van der Waals surface area contributed by atoms with E-state index < -0.39 is 75.3 Å². The predicted molar refractivity (Wildman–Crippen MR) is 532 cm³/mol. The van der Waals surface area contributed by atoms with E-state index >= 15 is 0 Å². The Morgan fingerprint density at radius 3 is 1.11 bits per heavy atom. The first-order chi connectivity index (χ1) is 65.9. The predicted octanol–water partition coefficient (Wildman–Crippen LogP) is 10.9. The van der Waals surface area contributed by atoms with Crippen LogP contribution in [0.15, 0.2) is 76.7 Å². The number of hydrogen-bond acceptors (Lipinski definition) is 35. The molecule has 776 valence electrons. The Morgan fingerprint density at radius 1 is 0.531 bits per heavy atom. The van der Waals surface area contributed by atoms with E-state index in [0.717, 1.165) is 59.6 Å². The van der Waals surface area contributed by atoms with Crippen molar-refractivity contribution in [2.45, 2.75) is 260 Å². The SMILES string of the molecule is CC[C@H]1O[C@@H](c2cc(I)c3c(=O)[nH]cnn23)[C@](C)(OC(C)=O)[C@@H]1C.CC[C@H]1O[C@@H](c2cc3c4c(ncnn24)N(C)N=C3N)[C@](C)(OC(C)=O)[C@@H]1C.CNN.C[O-].Cl.O=P(Cl)(Cl)Cl.[C-]#N.[C-]#[N+]c1cc([C@@H]2O[C@H](CC)[C@@H](C)[C@@]2(C)OC(C)=O)n2nc[nH]c(=O)c12.[C-]#[N+]c1cc([C@@H]2O[C@H](CC)[C@@H](C)[C@@]2(C)OC(C)=O)n2ncnc(Cl)c12.[C-]#[N+]c1cc([C@@H]2O[C@H](CC)[C@@H](C)[C@@]2(C)OC(C)=O)n2ncnc(N(C)N)c12.[Cu+].[Na+]. The van der Waals surface area contributed by atoms with Crippen molar-refractivity contribution in [3.05, 3.63) is 166 Å². The molecule has 0 bridgehead atoms. The van der Waals surface area contributed by atoms with Gasteiger partial charge in [-0.2, -0.15) is 37.7 Å². The average molecular weight is 2280 g/mol. The first-order valence-corrected chi connectivity index (χ1v) is 50.0. The van der Waals surface area contributed by atoms with Gasteiger partial charge in [0.2, 0.25) is 17.1 Å². The summed E-state index contributed by atoms with van der Waals surface area (Å²) in [7, 11) is 5.84. The van der Waals surface area contributed by atoms with Crippen LogP contribution in [0.4, 0.5) is 28.7 Å². The van der Waals surface area contributed by atoms with Crippen LogP contribution in [0, 0.1) is 64.7 Å². The van der Waals surface area contributed by atoms with Crippen LogP contribution in [0.25, 0.3) is 42.1 Å². The number of aromatic nitrogens is 15. The van der Waals surface area contributed by atoms with Gasteiger partial charge in [0, 0.05) is 87.4 Å². The summed E-state index contributed by atoms with van der Waals surface area (Å²) in [6.45, 7) is 63.6. The summed E-state index contributed by atoms with van der Waals surface area (Å²) in [6.07, 6.45) is 7.64. The van der Waals surface area contributed by atoms with E-state index in [1.54, 1.807) is 62.4 Å². The number of aromatic amines is 2. The second kappa shape index (κ2) is 51.8. The van der Waals surface area contributed by atoms with E-state index in [-0.39, 0.29) is 165 Å². The number of nitrogens with zero attached hydrogens (tertiary/aromatic N) is 20. The number of H-pyrrole nitrogens is 2. The molecule has 0 spiro atoms. The minimum absolute atomic E-state index is 0. The number of carbonyl (C=O) groups excluding carboxylic acids is 5. The number of nitrogens with one attached hydrogen (secondary N) is 3. The van der Waals surface area contributed by atoms with Crippen molar-refractivity contribution in [2.24, 2.45) is 52.1 Å². The fraction of sp³-hybridized carbons (Fsp3) is 0.551. The summed E-state index contributed by atoms with van der Waals surface area (Å²) in [5.41, 5.74) is 10.7. The number of hydrazine groups is 2. The molecule has 20 atom stereocenters. The van der Waals surface area contributed by atoms with Crippen molar-refractivity contribution >= 4 is 177 Å². The van der Waals surface area contributed by atoms with Gasteiger partial charge in [-0.15, -0.1) is 12.4 Å². The minimum Gasteiger partial charge on any atom is -0.857 e. The zero-order valence-electron chi connectivity index (χ0n) is 83.4. The molecule has 0 saturated carbocycles. The van der Waals surface area contributed by atoms with Crippen molar-refractivity contribution in [1.82, 2.24) is 78.4 Å². The number of ether oxygens (including phenoxy) is 10. The van der Waals surface area contributed by atoms with E-state index in [2.05, 4.69) is 151 Å². The van der Waals surface area contributed by atoms with Crippen LogP contribution in [0.1, 0.15) is 235 Å². The first-order valence-electron chi connectivity index (χ1n) is 44.1. The van der Waals surface area contributed by atoms with E-state index in [9.17, 15) is 38.1 Å². The van der Waals surface area contributed by atoms with Crippen LogP contribution in [0.3, 0.4) is 0 Å². The van der Waals surface area contributed by atoms with Gasteiger partial charge >= 0.3 is 81.7 Å². The number of esters is 5. The largest absolute Gasteiger partial charge is 1.00 e. The van der Waals surface area contributed by atoms with Gasteiger partial charge in [0.1, 0.15) is 123 Å². The molecule has 6 aliphatic rings. The fourth-order valence-corrected chi connectivity index (χ4v) is 19.9. The van der Waals surface area contributed by atoms with Crippen molar-refractivity contribution < 1.29 is 128 Å². The molecule has 10 aromatic rings. The Hall–Kier alpha value is -9.35. The third kappa shape index (κ3) is 25.6. The zero-order valence-corrected chi connectivity index (χ0v) is 93.3. The standard InChI is InChI=1S/2C18H24N6O3.C17H19ClN4O3.C17H20N4O4.C16H20IN3O4.CH6N2.CN.CH3O.Cl3OP.ClH.Cu.Na/c1-6-13-9(2)18(4,27-10(3)25)15(26-13)12-7-11-14-17(20-8-21-24(12)14)23(5)22-16(11)19;1-7-14-10(2)18(4,27-11(3)25)16(26-14)13-8-12(20-5)15-17(23(6)19)21-9-22-24(13)15;1-6-13-9(2)17(4,25-10(3)23)15(24-13)12-7-11(19-5)14-16(18)20-8-21-22(12)14;1-6-13-9(2)17(4,25-10(3)22)15(24-13)12-7-11(18-5)14-16(23)19-8-20-21(12)14;1-5-12-8(2)16(4,24-9(3)21)14(23-12)11-6-10(17)13-15(22)18-7-19-20(11)13;1-3-2;2*1-2;1-5(2,3)4;;;/h7-9,13,15H,6H2,1-5H3,(H2,19,22);8-10,14,16H,7,19H2,1-4,6H3;7-9,13,15H,6H2,1-4H3;7-9,13,15H,6H2,1-4H3,(H,19,20,23);6-8,12,14H,5H2,1-4H3,(H,18,19,22);3H,2H2,1H3;;1H3;;1H;;/q;;;;;;2*-1;;;2*+1/t9-,13-,15+,18-;10-,14-,16+,18-;2*9-,13-,15+,17-;8-,12-,14+,16-;;;;;;;/m11111......./s1. The Bertz CT molecular complexity index is 6560. The topological polar surface area (TPSA) is 554 Å². The molecule has 143 heavy (non-hydrogen) atoms. The molecule has 10 aromatic heterocycles. The van der Waals surface area contributed by atoms with Gasteiger partial charge in [-0.1, -0.05) is 80.8 Å². The molecule has 5 saturated heterocycles. The smallest absolute Gasteiger partial charge is 0.857 e. The maximum Gasteiger partial charge on any atom is 1.00 e. The molecule has 0 aliphatic carbocycles. The fourth-order valence-electron chi connectivity index (χ4n) is 18.9. The Labute approximate surface area is 897 Å². The Balaban J connectivity index is 0.000000304. The van der Waals surface area contributed by atoms with Crippen molar-refractivity contribution in [3.8, 4) is 0 Å². The second-order valence-corrected chi connectivity index (χ2v) is 42.5. The summed E-state index contributed by atoms with van der Waals surface area (Å²) in [5, 5.41) is 40.2. The molecule has 0 aromatic carbocycles. The number of hydrogen-bond donors (Lipinski definition) is 6. The van der Waals surface area contributed by atoms with Crippen molar-refractivity contribution in [3.63, 3.8) is 0 Å². The monoisotopic (exact) mass is 2270 g/mol. The van der Waals surface area contributed by atoms with Crippen molar-refractivity contribution in [2.75, 3.05) is 38.3 Å². The number of rotatable bonds is 16. The number of halogens is 6. The Kier molecular flexibility index (Phi) is 45.0. The molecular weight excluding hydrogens is 2160 g/mol. The molecule has 6 aliphatic heterocycles. The molecule has 16 rings (SSSR count). The third-order valence-electron chi connectivity index (χ3n) is 25.9. The zero-order chi connectivity index (χ0) is 105. The Morgan fingerprint density at radius 2 is 0.797 bits per heavy atom. The van der Waals surface area contributed by atoms with Crippen LogP contribution >= 0.6 is 85.5 Å². The number of fused-ring (bicyclic) bond motifs is 4. The molecule has 5 fully saturated rings. The van der Waals surface area contributed by atoms with Crippen LogP contribution in [-0.4, -0.2) is 195 Å². The molecule has 45 nitrogen and oxygen atoms in total. The number of carbonyl (C=O) groups is 5. The van der Waals surface area contributed by atoms with Crippen LogP contribution in [-0.2, 0) is 93.0 Å². The minimum atomic E-state index is -3.22. The first kappa shape index (κ1) is 124. The summed E-state index contributed by atoms with van der Waals surface area (Å²) < 4.78 is 78.1. The van der Waals surface area contributed by atoms with Gasteiger partial charge in [-0.05, 0) is 160 Å². The second-order valence-electron chi connectivity index (χ2n) is 34.3. The maximum absolute atomic E-state index is 12.1. The van der Waals surface area contributed by atoms with Crippen molar-refractivity contribution in [1.29, 1.82) is 5.26 Å². The summed E-state index contributed by atoms with van der Waals surface area (Å²) >= 11 is 22.1. The molecule has 0 unspecified atom stereocenters. The van der Waals surface area contributed by atoms with Crippen LogP contribution in [0.5, 0.6) is 0 Å². The average Bonchev–Trinajstić information content (AvgIpc) is 1.55. The van der Waals surface area contributed by atoms with Gasteiger partial charge in [-0.3, -0.25) is 54.4 Å². The normalized spacial score (nSPS) is 26.6. The van der Waals surface area contributed by atoms with Gasteiger partial charge in [0.25, 0.3) is 11.1 Å². The quantitative estimate of drug-likeness (QED) is 0.00765. The van der Waals surface area contributed by atoms with E-state index in [1.807, 2.05) is 102 Å². The molecule has 16 heterocycles. The van der Waals surface area contributed by atoms with Gasteiger partial charge in [-0.25, -0.2) is 62.9 Å². The molecule has 54 heteroatoms. The van der Waals surface area contributed by atoms with Gasteiger partial charge in [0.05, 0.1) is 78.7 Å². The van der Waals surface area contributed by atoms with Crippen LogP contribution < -0.4 is 78.6 Å². The number of anilines is 2. The molecular formula is C89H117Cl5CuIN26NaO19P. The number of hydrazone groups is 1.